The third-order valence-corrected chi connectivity index (χ3v) is 3.47. The summed E-state index contributed by atoms with van der Waals surface area (Å²) in [6.07, 6.45) is 5.27. The molecule has 2 aliphatic heterocycles. The predicted octanol–water partition coefficient (Wildman–Crippen LogP) is 1.51. The summed E-state index contributed by atoms with van der Waals surface area (Å²) < 4.78 is 5.72. The van der Waals surface area contributed by atoms with Gasteiger partial charge in [-0.1, -0.05) is 0 Å². The van der Waals surface area contributed by atoms with Crippen LogP contribution in [0.5, 0.6) is 0 Å². The average Bonchev–Trinajstić information content (AvgIpc) is 2.91. The van der Waals surface area contributed by atoms with Crippen LogP contribution >= 0.6 is 0 Å². The van der Waals surface area contributed by atoms with Crippen molar-refractivity contribution in [2.75, 3.05) is 5.32 Å². The Hall–Kier alpha value is -1.62. The number of hydrogen-bond acceptors (Lipinski definition) is 4. The van der Waals surface area contributed by atoms with Crippen LogP contribution in [0, 0.1) is 0 Å². The highest BCUT2D eigenvalue weighted by atomic mass is 16.5. The second-order valence-electron chi connectivity index (χ2n) is 4.57. The van der Waals surface area contributed by atoms with Crippen molar-refractivity contribution in [1.82, 2.24) is 4.98 Å². The Morgan fingerprint density at radius 3 is 3.06 bits per heavy atom. The molecule has 5 heteroatoms. The zero-order chi connectivity index (χ0) is 11.8. The molecular formula is C12H14N2O3. The van der Waals surface area contributed by atoms with E-state index in [0.717, 1.165) is 19.3 Å². The van der Waals surface area contributed by atoms with Crippen molar-refractivity contribution in [3.8, 4) is 0 Å². The third kappa shape index (κ3) is 1.86. The molecule has 2 bridgehead atoms. The molecule has 2 aliphatic rings. The van der Waals surface area contributed by atoms with E-state index in [1.807, 2.05) is 0 Å². The topological polar surface area (TPSA) is 71.5 Å². The molecule has 3 unspecified atom stereocenters. The van der Waals surface area contributed by atoms with Crippen LogP contribution in [0.3, 0.4) is 0 Å². The molecule has 0 saturated carbocycles. The van der Waals surface area contributed by atoms with Crippen molar-refractivity contribution in [3.63, 3.8) is 0 Å². The largest absolute Gasteiger partial charge is 0.478 e. The molecule has 0 aliphatic carbocycles. The van der Waals surface area contributed by atoms with E-state index in [1.54, 1.807) is 18.3 Å². The lowest BCUT2D eigenvalue weighted by molar-refractivity contribution is 0.0697. The fraction of sp³-hybridized carbons (Fsp3) is 0.500. The maximum absolute atomic E-state index is 11.0. The molecule has 0 amide bonds. The average molecular weight is 234 g/mol. The molecule has 0 spiro atoms. The van der Waals surface area contributed by atoms with Crippen molar-refractivity contribution < 1.29 is 14.6 Å². The van der Waals surface area contributed by atoms with Gasteiger partial charge in [0.05, 0.1) is 18.2 Å². The summed E-state index contributed by atoms with van der Waals surface area (Å²) in [5.41, 5.74) is 0.218. The van der Waals surface area contributed by atoms with Crippen LogP contribution in [0.4, 0.5) is 5.82 Å². The van der Waals surface area contributed by atoms with Crippen molar-refractivity contribution >= 4 is 11.8 Å². The molecule has 1 aromatic heterocycles. The van der Waals surface area contributed by atoms with E-state index in [0.29, 0.717) is 11.9 Å². The number of carboxylic acids is 1. The van der Waals surface area contributed by atoms with Gasteiger partial charge in [0.25, 0.3) is 0 Å². The van der Waals surface area contributed by atoms with Gasteiger partial charge in [-0.05, 0) is 31.4 Å². The molecule has 3 atom stereocenters. The molecule has 2 fully saturated rings. The third-order valence-electron chi connectivity index (χ3n) is 3.47. The first-order valence-electron chi connectivity index (χ1n) is 5.84. The fourth-order valence-electron chi connectivity index (χ4n) is 2.66. The molecule has 17 heavy (non-hydrogen) atoms. The maximum Gasteiger partial charge on any atom is 0.339 e. The number of aromatic carboxylic acids is 1. The van der Waals surface area contributed by atoms with Crippen LogP contribution < -0.4 is 5.32 Å². The lowest BCUT2D eigenvalue weighted by Gasteiger charge is -2.21. The quantitative estimate of drug-likeness (QED) is 0.829. The summed E-state index contributed by atoms with van der Waals surface area (Å²) >= 11 is 0. The van der Waals surface area contributed by atoms with Gasteiger partial charge >= 0.3 is 5.97 Å². The number of ether oxygens (including phenoxy) is 1. The highest BCUT2D eigenvalue weighted by Gasteiger charge is 2.41. The summed E-state index contributed by atoms with van der Waals surface area (Å²) in [5, 5.41) is 12.3. The first-order chi connectivity index (χ1) is 8.24. The molecule has 90 valence electrons. The highest BCUT2D eigenvalue weighted by Crippen LogP contribution is 2.36. The SMILES string of the molecule is O=C(O)c1cccnc1NC1CC2CCC1O2. The fourth-order valence-corrected chi connectivity index (χ4v) is 2.66. The van der Waals surface area contributed by atoms with Gasteiger partial charge in [0, 0.05) is 6.20 Å². The summed E-state index contributed by atoms with van der Waals surface area (Å²) in [6.45, 7) is 0. The second-order valence-corrected chi connectivity index (χ2v) is 4.57. The number of carboxylic acid groups (broad SMARTS) is 1. The van der Waals surface area contributed by atoms with E-state index in [-0.39, 0.29) is 17.7 Å². The van der Waals surface area contributed by atoms with Crippen molar-refractivity contribution in [3.05, 3.63) is 23.9 Å². The van der Waals surface area contributed by atoms with Crippen molar-refractivity contribution in [2.24, 2.45) is 0 Å². The summed E-state index contributed by atoms with van der Waals surface area (Å²) in [7, 11) is 0. The Labute approximate surface area is 98.8 Å². The Morgan fingerprint density at radius 1 is 1.53 bits per heavy atom. The van der Waals surface area contributed by atoms with Crippen LogP contribution in [0.25, 0.3) is 0 Å². The number of rotatable bonds is 3. The van der Waals surface area contributed by atoms with Crippen LogP contribution in [0.1, 0.15) is 29.6 Å². The van der Waals surface area contributed by atoms with E-state index >= 15 is 0 Å². The van der Waals surface area contributed by atoms with Gasteiger partial charge in [0.15, 0.2) is 0 Å². The zero-order valence-corrected chi connectivity index (χ0v) is 9.30. The summed E-state index contributed by atoms with van der Waals surface area (Å²) in [6, 6.07) is 3.39. The highest BCUT2D eigenvalue weighted by molar-refractivity contribution is 5.93. The number of fused-ring (bicyclic) bond motifs is 2. The van der Waals surface area contributed by atoms with E-state index in [2.05, 4.69) is 10.3 Å². The van der Waals surface area contributed by atoms with E-state index < -0.39 is 5.97 Å². The molecule has 0 radical (unpaired) electrons. The summed E-state index contributed by atoms with van der Waals surface area (Å²) in [5.74, 6) is -0.508. The normalized spacial score (nSPS) is 30.5. The smallest absolute Gasteiger partial charge is 0.339 e. The molecular weight excluding hydrogens is 220 g/mol. The molecule has 2 saturated heterocycles. The zero-order valence-electron chi connectivity index (χ0n) is 9.30. The van der Waals surface area contributed by atoms with E-state index in [9.17, 15) is 4.79 Å². The Balaban J connectivity index is 1.79. The van der Waals surface area contributed by atoms with Gasteiger partial charge < -0.3 is 15.2 Å². The van der Waals surface area contributed by atoms with Gasteiger partial charge in [-0.2, -0.15) is 0 Å². The van der Waals surface area contributed by atoms with Gasteiger partial charge in [0.2, 0.25) is 0 Å². The molecule has 0 aromatic carbocycles. The maximum atomic E-state index is 11.0. The molecule has 3 heterocycles. The van der Waals surface area contributed by atoms with Crippen LogP contribution in [-0.4, -0.2) is 34.3 Å². The van der Waals surface area contributed by atoms with E-state index in [1.165, 1.54) is 0 Å². The molecule has 2 N–H and O–H groups in total. The molecule has 3 rings (SSSR count). The number of nitrogens with one attached hydrogen (secondary N) is 1. The Morgan fingerprint density at radius 2 is 2.41 bits per heavy atom. The monoisotopic (exact) mass is 234 g/mol. The number of pyridine rings is 1. The predicted molar refractivity (Wildman–Crippen MR) is 61.1 cm³/mol. The minimum atomic E-state index is -0.954. The number of aromatic nitrogens is 1. The first kappa shape index (κ1) is 10.5. The van der Waals surface area contributed by atoms with Crippen LogP contribution in [-0.2, 0) is 4.74 Å². The van der Waals surface area contributed by atoms with E-state index in [4.69, 9.17) is 9.84 Å². The minimum Gasteiger partial charge on any atom is -0.478 e. The first-order valence-corrected chi connectivity index (χ1v) is 5.84. The van der Waals surface area contributed by atoms with Crippen LogP contribution in [0.15, 0.2) is 18.3 Å². The number of carbonyl (C=O) groups is 1. The lowest BCUT2D eigenvalue weighted by atomic mass is 9.95. The number of anilines is 1. The van der Waals surface area contributed by atoms with Gasteiger partial charge in [-0.25, -0.2) is 9.78 Å². The van der Waals surface area contributed by atoms with Crippen LogP contribution in [0.2, 0.25) is 0 Å². The second kappa shape index (κ2) is 4.00. The number of hydrogen-bond donors (Lipinski definition) is 2. The lowest BCUT2D eigenvalue weighted by Crippen LogP contribution is -2.31. The van der Waals surface area contributed by atoms with Gasteiger partial charge in [-0.15, -0.1) is 0 Å². The van der Waals surface area contributed by atoms with Gasteiger partial charge in [0.1, 0.15) is 11.4 Å². The minimum absolute atomic E-state index is 0.196. The molecule has 1 aromatic rings. The Kier molecular flexibility index (Phi) is 2.48. The van der Waals surface area contributed by atoms with Crippen molar-refractivity contribution in [1.29, 1.82) is 0 Å². The molecule has 5 nitrogen and oxygen atoms in total. The number of nitrogens with zero attached hydrogens (tertiary/aromatic N) is 1. The summed E-state index contributed by atoms with van der Waals surface area (Å²) in [4.78, 5) is 15.1. The standard InChI is InChI=1S/C12H14N2O3/c15-12(16)8-2-1-5-13-11(8)14-9-6-7-3-4-10(9)17-7/h1-2,5,7,9-10H,3-4,6H2,(H,13,14)(H,15,16). The van der Waals surface area contributed by atoms with Gasteiger partial charge in [-0.3, -0.25) is 0 Å². The Bertz CT molecular complexity index is 449. The van der Waals surface area contributed by atoms with Crippen molar-refractivity contribution in [2.45, 2.75) is 37.5 Å².